The van der Waals surface area contributed by atoms with Crippen LogP contribution in [0.3, 0.4) is 0 Å². The first-order chi connectivity index (χ1) is 4.43. The summed E-state index contributed by atoms with van der Waals surface area (Å²) in [5.74, 6) is 0.748. The number of halogens is 1. The molecule has 0 fully saturated rings. The lowest BCUT2D eigenvalue weighted by atomic mass is 10.3. The van der Waals surface area contributed by atoms with Crippen LogP contribution in [0.4, 0.5) is 0 Å². The van der Waals surface area contributed by atoms with Gasteiger partial charge >= 0.3 is 0 Å². The Labute approximate surface area is 63.8 Å². The Morgan fingerprint density at radius 1 is 1.67 bits per heavy atom. The third-order valence-electron chi connectivity index (χ3n) is 1.05. The van der Waals surface area contributed by atoms with Gasteiger partial charge in [0.15, 0.2) is 0 Å². The number of nitrogens with zero attached hydrogens (tertiary/aromatic N) is 1. The van der Waals surface area contributed by atoms with E-state index in [-0.39, 0.29) is 0 Å². The normalized spacial score (nSPS) is 9.89. The molecule has 1 aromatic rings. The van der Waals surface area contributed by atoms with Crippen LogP contribution in [-0.4, -0.2) is 10.3 Å². The van der Waals surface area contributed by atoms with Gasteiger partial charge in [0.05, 0.1) is 0 Å². The van der Waals surface area contributed by atoms with Crippen molar-refractivity contribution < 1.29 is 0 Å². The second-order valence-electron chi connectivity index (χ2n) is 1.77. The fourth-order valence-corrected chi connectivity index (χ4v) is 1.36. The molecule has 0 aromatic carbocycles. The third-order valence-corrected chi connectivity index (χ3v) is 2.12. The van der Waals surface area contributed by atoms with Crippen molar-refractivity contribution in [2.45, 2.75) is 12.8 Å². The maximum Gasteiger partial charge on any atom is 0.0409 e. The molecule has 0 aliphatic heterocycles. The van der Waals surface area contributed by atoms with Crippen molar-refractivity contribution in [2.75, 3.05) is 5.88 Å². The fraction of sp³-hybridized carbons (Fsp3) is 0.500. The summed E-state index contributed by atoms with van der Waals surface area (Å²) in [6, 6.07) is 2.04. The van der Waals surface area contributed by atoms with Crippen LogP contribution in [0.2, 0.25) is 0 Å². The molecule has 0 bridgehead atoms. The molecule has 9 heavy (non-hydrogen) atoms. The van der Waals surface area contributed by atoms with Crippen LogP contribution in [0.1, 0.15) is 11.3 Å². The average molecular weight is 162 g/mol. The average Bonchev–Trinajstić information content (AvgIpc) is 2.34. The molecule has 0 amide bonds. The van der Waals surface area contributed by atoms with E-state index >= 15 is 0 Å². The smallest absolute Gasteiger partial charge is 0.0409 e. The molecular formula is C6H8ClNS. The Balaban J connectivity index is 2.30. The molecule has 0 unspecified atom stereocenters. The Kier molecular flexibility index (Phi) is 3.01. The highest BCUT2D eigenvalue weighted by Gasteiger charge is 1.91. The van der Waals surface area contributed by atoms with E-state index in [9.17, 15) is 0 Å². The molecule has 1 heterocycles. The summed E-state index contributed by atoms with van der Waals surface area (Å²) in [4.78, 5) is 1.33. The summed E-state index contributed by atoms with van der Waals surface area (Å²) in [5, 5.41) is 0. The number of aryl methyl sites for hydroxylation is 1. The van der Waals surface area contributed by atoms with Crippen LogP contribution in [-0.2, 0) is 6.42 Å². The van der Waals surface area contributed by atoms with Crippen LogP contribution < -0.4 is 0 Å². The Bertz CT molecular complexity index is 150. The summed E-state index contributed by atoms with van der Waals surface area (Å²) in [7, 11) is 0. The number of aromatic nitrogens is 1. The minimum Gasteiger partial charge on any atom is -0.201 e. The fourth-order valence-electron chi connectivity index (χ4n) is 0.612. The number of rotatable bonds is 3. The molecule has 1 aromatic heterocycles. The number of hydrogen-bond donors (Lipinski definition) is 0. The van der Waals surface area contributed by atoms with Gasteiger partial charge in [-0.15, -0.1) is 11.6 Å². The van der Waals surface area contributed by atoms with Gasteiger partial charge in [-0.2, -0.15) is 0 Å². The number of alkyl halides is 1. The van der Waals surface area contributed by atoms with E-state index in [1.165, 1.54) is 4.88 Å². The van der Waals surface area contributed by atoms with Gasteiger partial charge in [0.25, 0.3) is 0 Å². The Morgan fingerprint density at radius 3 is 3.11 bits per heavy atom. The van der Waals surface area contributed by atoms with Crippen molar-refractivity contribution in [2.24, 2.45) is 0 Å². The molecule has 0 spiro atoms. The van der Waals surface area contributed by atoms with Crippen molar-refractivity contribution in [3.8, 4) is 0 Å². The van der Waals surface area contributed by atoms with Gasteiger partial charge in [0, 0.05) is 17.0 Å². The van der Waals surface area contributed by atoms with Gasteiger partial charge in [-0.3, -0.25) is 0 Å². The summed E-state index contributed by atoms with van der Waals surface area (Å²) < 4.78 is 3.97. The van der Waals surface area contributed by atoms with Crippen LogP contribution in [0.15, 0.2) is 12.3 Å². The predicted octanol–water partition coefficient (Wildman–Crippen LogP) is 2.31. The van der Waals surface area contributed by atoms with Crippen molar-refractivity contribution in [3.05, 3.63) is 17.1 Å². The van der Waals surface area contributed by atoms with Crippen molar-refractivity contribution in [3.63, 3.8) is 0 Å². The van der Waals surface area contributed by atoms with Gasteiger partial charge < -0.3 is 0 Å². The lowest BCUT2D eigenvalue weighted by molar-refractivity contribution is 0.947. The van der Waals surface area contributed by atoms with Gasteiger partial charge in [0.2, 0.25) is 0 Å². The van der Waals surface area contributed by atoms with Crippen LogP contribution in [0.25, 0.3) is 0 Å². The minimum atomic E-state index is 0.748. The van der Waals surface area contributed by atoms with Gasteiger partial charge in [-0.05, 0) is 30.4 Å². The lowest BCUT2D eigenvalue weighted by Crippen LogP contribution is -1.79. The third kappa shape index (κ3) is 2.33. The molecule has 0 atom stereocenters. The lowest BCUT2D eigenvalue weighted by Gasteiger charge is -1.88. The number of hydrogen-bond acceptors (Lipinski definition) is 2. The summed E-state index contributed by atoms with van der Waals surface area (Å²) in [5.41, 5.74) is 0. The molecule has 3 heteroatoms. The topological polar surface area (TPSA) is 12.9 Å². The second-order valence-corrected chi connectivity index (χ2v) is 3.07. The quantitative estimate of drug-likeness (QED) is 0.620. The largest absolute Gasteiger partial charge is 0.201 e. The highest BCUT2D eigenvalue weighted by Crippen LogP contribution is 2.07. The summed E-state index contributed by atoms with van der Waals surface area (Å²) in [6.45, 7) is 0. The van der Waals surface area contributed by atoms with Crippen LogP contribution in [0, 0.1) is 0 Å². The first-order valence-electron chi connectivity index (χ1n) is 2.89. The van der Waals surface area contributed by atoms with E-state index in [2.05, 4.69) is 4.37 Å². The molecule has 0 radical (unpaired) electrons. The molecule has 0 aliphatic rings. The summed E-state index contributed by atoms with van der Waals surface area (Å²) in [6.07, 6.45) is 3.96. The van der Waals surface area contributed by atoms with Crippen LogP contribution >= 0.6 is 23.1 Å². The maximum absolute atomic E-state index is 5.50. The molecule has 0 saturated carbocycles. The summed E-state index contributed by atoms with van der Waals surface area (Å²) >= 11 is 7.06. The zero-order valence-electron chi connectivity index (χ0n) is 5.01. The van der Waals surface area contributed by atoms with Gasteiger partial charge in [-0.1, -0.05) is 0 Å². The minimum absolute atomic E-state index is 0.748. The van der Waals surface area contributed by atoms with Gasteiger partial charge in [-0.25, -0.2) is 4.37 Å². The molecular weight excluding hydrogens is 154 g/mol. The zero-order chi connectivity index (χ0) is 6.53. The molecule has 1 rings (SSSR count). The van der Waals surface area contributed by atoms with E-state index < -0.39 is 0 Å². The van der Waals surface area contributed by atoms with Crippen molar-refractivity contribution in [1.29, 1.82) is 0 Å². The highest BCUT2D eigenvalue weighted by atomic mass is 35.5. The standard InChI is InChI=1S/C6H8ClNS/c7-4-1-2-6-3-5-8-9-6/h3,5H,1-2,4H2. The highest BCUT2D eigenvalue weighted by molar-refractivity contribution is 7.05. The van der Waals surface area contributed by atoms with E-state index in [1.807, 2.05) is 12.3 Å². The molecule has 1 nitrogen and oxygen atoms in total. The van der Waals surface area contributed by atoms with E-state index in [0.29, 0.717) is 0 Å². The van der Waals surface area contributed by atoms with Gasteiger partial charge in [0.1, 0.15) is 0 Å². The Hall–Kier alpha value is -0.0800. The SMILES string of the molecule is ClCCCc1ccns1. The second kappa shape index (κ2) is 3.85. The predicted molar refractivity (Wildman–Crippen MR) is 41.2 cm³/mol. The first-order valence-corrected chi connectivity index (χ1v) is 4.20. The van der Waals surface area contributed by atoms with E-state index in [4.69, 9.17) is 11.6 Å². The van der Waals surface area contributed by atoms with Crippen molar-refractivity contribution >= 4 is 23.1 Å². The first kappa shape index (κ1) is 7.03. The van der Waals surface area contributed by atoms with Crippen LogP contribution in [0.5, 0.6) is 0 Å². The molecule has 0 saturated heterocycles. The van der Waals surface area contributed by atoms with Crippen molar-refractivity contribution in [1.82, 2.24) is 4.37 Å². The zero-order valence-corrected chi connectivity index (χ0v) is 6.58. The molecule has 0 N–H and O–H groups in total. The van der Waals surface area contributed by atoms with E-state index in [1.54, 1.807) is 11.5 Å². The maximum atomic E-state index is 5.50. The van der Waals surface area contributed by atoms with E-state index in [0.717, 1.165) is 18.7 Å². The monoisotopic (exact) mass is 161 g/mol. The molecule has 50 valence electrons. The Morgan fingerprint density at radius 2 is 2.56 bits per heavy atom. The molecule has 0 aliphatic carbocycles.